The first kappa shape index (κ1) is 12.9. The molecule has 3 heteroatoms. The summed E-state index contributed by atoms with van der Waals surface area (Å²) in [6, 6.07) is 0. The molecule has 0 aromatic heterocycles. The van der Waals surface area contributed by atoms with Gasteiger partial charge in [0.15, 0.2) is 0 Å². The van der Waals surface area contributed by atoms with E-state index < -0.39 is 0 Å². The lowest BCUT2D eigenvalue weighted by atomic mass is 9.67. The van der Waals surface area contributed by atoms with Gasteiger partial charge < -0.3 is 9.64 Å². The molecule has 4 rings (SSSR count). The molecule has 3 nitrogen and oxygen atoms in total. The Morgan fingerprint density at radius 2 is 2.00 bits per heavy atom. The summed E-state index contributed by atoms with van der Waals surface area (Å²) in [5.41, 5.74) is -0.00613. The van der Waals surface area contributed by atoms with E-state index in [9.17, 15) is 4.79 Å². The molecule has 3 heterocycles. The van der Waals surface area contributed by atoms with Gasteiger partial charge in [-0.25, -0.2) is 0 Å². The molecule has 3 aliphatic heterocycles. The third-order valence-electron chi connectivity index (χ3n) is 6.19. The quantitative estimate of drug-likeness (QED) is 0.636. The van der Waals surface area contributed by atoms with Crippen LogP contribution in [0.25, 0.3) is 0 Å². The molecule has 2 bridgehead atoms. The Hall–Kier alpha value is -0.830. The number of rotatable bonds is 0. The van der Waals surface area contributed by atoms with Crippen molar-refractivity contribution in [1.82, 2.24) is 4.90 Å². The summed E-state index contributed by atoms with van der Waals surface area (Å²) in [6.45, 7) is 2.54. The van der Waals surface area contributed by atoms with Crippen molar-refractivity contribution in [3.63, 3.8) is 0 Å². The van der Waals surface area contributed by atoms with Crippen LogP contribution in [0, 0.1) is 5.92 Å². The van der Waals surface area contributed by atoms with Gasteiger partial charge >= 0.3 is 0 Å². The highest BCUT2D eigenvalue weighted by Crippen LogP contribution is 2.54. The van der Waals surface area contributed by atoms with Gasteiger partial charge in [0.25, 0.3) is 0 Å². The van der Waals surface area contributed by atoms with E-state index in [4.69, 9.17) is 4.74 Å². The molecule has 0 aromatic rings. The highest BCUT2D eigenvalue weighted by atomic mass is 16.5. The van der Waals surface area contributed by atoms with Gasteiger partial charge in [0.05, 0.1) is 12.6 Å². The first-order chi connectivity index (χ1) is 9.64. The molecule has 3 fully saturated rings. The second-order valence-electron chi connectivity index (χ2n) is 7.35. The standard InChI is InChI=1S/C17H25NO2/c1-13(19)18-12-17-9-6-15(20-17)10-14(17)11-16(18)7-4-2-3-5-8-16/h6,9,14-15H,2-5,7-8,10-12H2,1H3/t14-,15+,17+/m0/s1. The Morgan fingerprint density at radius 1 is 1.25 bits per heavy atom. The van der Waals surface area contributed by atoms with E-state index in [2.05, 4.69) is 17.1 Å². The number of hydrogen-bond donors (Lipinski definition) is 0. The monoisotopic (exact) mass is 275 g/mol. The van der Waals surface area contributed by atoms with Crippen molar-refractivity contribution in [2.24, 2.45) is 5.92 Å². The molecule has 1 aliphatic carbocycles. The maximum atomic E-state index is 12.3. The Morgan fingerprint density at radius 3 is 2.65 bits per heavy atom. The van der Waals surface area contributed by atoms with E-state index in [1.165, 1.54) is 44.9 Å². The molecular weight excluding hydrogens is 250 g/mol. The number of carbonyl (C=O) groups excluding carboxylic acids is 1. The summed E-state index contributed by atoms with van der Waals surface area (Å²) in [5.74, 6) is 0.873. The van der Waals surface area contributed by atoms with Crippen LogP contribution in [0.1, 0.15) is 58.3 Å². The van der Waals surface area contributed by atoms with Crippen molar-refractivity contribution in [3.8, 4) is 0 Å². The molecule has 0 unspecified atom stereocenters. The summed E-state index contributed by atoms with van der Waals surface area (Å²) in [5, 5.41) is 0. The lowest BCUT2D eigenvalue weighted by Gasteiger charge is -2.54. The average Bonchev–Trinajstić information content (AvgIpc) is 2.88. The van der Waals surface area contributed by atoms with Gasteiger partial charge in [-0.05, 0) is 31.6 Å². The summed E-state index contributed by atoms with van der Waals surface area (Å²) in [7, 11) is 0. The van der Waals surface area contributed by atoms with E-state index in [1.807, 2.05) is 0 Å². The third-order valence-corrected chi connectivity index (χ3v) is 6.19. The fourth-order valence-corrected chi connectivity index (χ4v) is 5.23. The molecule has 2 spiro atoms. The number of likely N-dealkylation sites (tertiary alicyclic amines) is 1. The van der Waals surface area contributed by atoms with Crippen molar-refractivity contribution >= 4 is 5.91 Å². The van der Waals surface area contributed by atoms with Crippen molar-refractivity contribution in [2.45, 2.75) is 75.5 Å². The van der Waals surface area contributed by atoms with Crippen molar-refractivity contribution in [2.75, 3.05) is 6.54 Å². The second kappa shape index (κ2) is 4.33. The van der Waals surface area contributed by atoms with Crippen LogP contribution in [-0.4, -0.2) is 34.6 Å². The molecule has 2 saturated heterocycles. The van der Waals surface area contributed by atoms with Crippen LogP contribution in [0.5, 0.6) is 0 Å². The smallest absolute Gasteiger partial charge is 0.220 e. The van der Waals surface area contributed by atoms with Gasteiger partial charge in [0.2, 0.25) is 5.91 Å². The lowest BCUT2D eigenvalue weighted by molar-refractivity contribution is -0.151. The summed E-state index contributed by atoms with van der Waals surface area (Å²) in [4.78, 5) is 14.5. The van der Waals surface area contributed by atoms with Gasteiger partial charge in [-0.15, -0.1) is 0 Å². The van der Waals surface area contributed by atoms with E-state index >= 15 is 0 Å². The van der Waals surface area contributed by atoms with Crippen molar-refractivity contribution in [1.29, 1.82) is 0 Å². The molecule has 0 aromatic carbocycles. The number of nitrogens with zero attached hydrogens (tertiary/aromatic N) is 1. The molecule has 4 aliphatic rings. The van der Waals surface area contributed by atoms with Crippen LogP contribution in [0.4, 0.5) is 0 Å². The minimum Gasteiger partial charge on any atom is -0.361 e. The SMILES string of the molecule is CC(=O)N1C[C@]23C=C[C@H](C[C@H]2CC12CCCCCC2)O3. The lowest BCUT2D eigenvalue weighted by Crippen LogP contribution is -2.63. The van der Waals surface area contributed by atoms with Gasteiger partial charge in [0, 0.05) is 12.5 Å². The van der Waals surface area contributed by atoms with Crippen LogP contribution >= 0.6 is 0 Å². The maximum Gasteiger partial charge on any atom is 0.220 e. The fraction of sp³-hybridized carbons (Fsp3) is 0.824. The van der Waals surface area contributed by atoms with Crippen LogP contribution < -0.4 is 0 Å². The number of carbonyl (C=O) groups is 1. The zero-order chi connectivity index (χ0) is 13.8. The average molecular weight is 275 g/mol. The normalized spacial score (nSPS) is 41.8. The number of ether oxygens (including phenoxy) is 1. The number of hydrogen-bond acceptors (Lipinski definition) is 2. The van der Waals surface area contributed by atoms with Gasteiger partial charge in [-0.1, -0.05) is 37.8 Å². The predicted molar refractivity (Wildman–Crippen MR) is 77.3 cm³/mol. The summed E-state index contributed by atoms with van der Waals surface area (Å²) < 4.78 is 6.20. The molecule has 20 heavy (non-hydrogen) atoms. The molecule has 0 radical (unpaired) electrons. The predicted octanol–water partition coefficient (Wildman–Crippen LogP) is 3.05. The van der Waals surface area contributed by atoms with Crippen LogP contribution in [0.2, 0.25) is 0 Å². The van der Waals surface area contributed by atoms with Crippen molar-refractivity contribution in [3.05, 3.63) is 12.2 Å². The van der Waals surface area contributed by atoms with E-state index in [0.29, 0.717) is 12.0 Å². The number of fused-ring (bicyclic) bond motifs is 1. The largest absolute Gasteiger partial charge is 0.361 e. The minimum absolute atomic E-state index is 0.139. The minimum atomic E-state index is -0.145. The molecule has 110 valence electrons. The van der Waals surface area contributed by atoms with Crippen molar-refractivity contribution < 1.29 is 9.53 Å². The fourth-order valence-electron chi connectivity index (χ4n) is 5.23. The third kappa shape index (κ3) is 1.71. The summed E-state index contributed by atoms with van der Waals surface area (Å²) >= 11 is 0. The van der Waals surface area contributed by atoms with Crippen LogP contribution in [0.3, 0.4) is 0 Å². The topological polar surface area (TPSA) is 29.5 Å². The van der Waals surface area contributed by atoms with Crippen LogP contribution in [0.15, 0.2) is 12.2 Å². The molecule has 3 atom stereocenters. The Bertz CT molecular complexity index is 450. The van der Waals surface area contributed by atoms with E-state index in [1.54, 1.807) is 6.92 Å². The van der Waals surface area contributed by atoms with Gasteiger partial charge in [0.1, 0.15) is 5.60 Å². The second-order valence-corrected chi connectivity index (χ2v) is 7.35. The first-order valence-corrected chi connectivity index (χ1v) is 8.29. The zero-order valence-corrected chi connectivity index (χ0v) is 12.4. The molecular formula is C17H25NO2. The van der Waals surface area contributed by atoms with Gasteiger partial charge in [-0.3, -0.25) is 4.79 Å². The molecule has 1 saturated carbocycles. The highest BCUT2D eigenvalue weighted by Gasteiger charge is 2.59. The van der Waals surface area contributed by atoms with E-state index in [0.717, 1.165) is 13.0 Å². The molecule has 1 amide bonds. The Balaban J connectivity index is 1.68. The maximum absolute atomic E-state index is 12.3. The Labute approximate surface area is 121 Å². The van der Waals surface area contributed by atoms with E-state index in [-0.39, 0.29) is 17.0 Å². The van der Waals surface area contributed by atoms with Crippen LogP contribution in [-0.2, 0) is 9.53 Å². The van der Waals surface area contributed by atoms with Gasteiger partial charge in [-0.2, -0.15) is 0 Å². The zero-order valence-electron chi connectivity index (χ0n) is 12.4. The first-order valence-electron chi connectivity index (χ1n) is 8.29. The molecule has 0 N–H and O–H groups in total. The Kier molecular flexibility index (Phi) is 2.79. The number of piperidine rings is 1. The summed E-state index contributed by atoms with van der Waals surface area (Å²) in [6.07, 6.45) is 14.7. The highest BCUT2D eigenvalue weighted by molar-refractivity contribution is 5.74. The number of amides is 1.